The van der Waals surface area contributed by atoms with Gasteiger partial charge in [-0.2, -0.15) is 10.4 Å². The first-order chi connectivity index (χ1) is 15.7. The fourth-order valence-corrected chi connectivity index (χ4v) is 4.94. The van der Waals surface area contributed by atoms with Crippen LogP contribution in [0.1, 0.15) is 10.6 Å². The Morgan fingerprint density at radius 1 is 1.00 bits per heavy atom. The summed E-state index contributed by atoms with van der Waals surface area (Å²) in [5.74, 6) is 0. The lowest BCUT2D eigenvalue weighted by atomic mass is 10.1. The number of thiazole rings is 1. The monoisotopic (exact) mass is 470 g/mol. The normalized spacial score (nSPS) is 11.4. The molecule has 4 nitrogen and oxygen atoms in total. The van der Waals surface area contributed by atoms with Gasteiger partial charge in [0.05, 0.1) is 27.5 Å². The molecular formula is C25H15ClN4S2. The molecule has 154 valence electrons. The largest absolute Gasteiger partial charge is 0.240 e. The van der Waals surface area contributed by atoms with E-state index < -0.39 is 0 Å². The van der Waals surface area contributed by atoms with Crippen LogP contribution in [0.4, 0.5) is 0 Å². The molecule has 0 aliphatic carbocycles. The van der Waals surface area contributed by atoms with E-state index in [0.717, 1.165) is 33.1 Å². The third-order valence-electron chi connectivity index (χ3n) is 4.81. The summed E-state index contributed by atoms with van der Waals surface area (Å²) in [6.07, 6.45) is 3.79. The van der Waals surface area contributed by atoms with Crippen LogP contribution in [0.5, 0.6) is 0 Å². The number of hydrogen-bond acceptors (Lipinski definition) is 5. The Labute approximate surface area is 198 Å². The number of nitrogens with zero attached hydrogens (tertiary/aromatic N) is 4. The minimum absolute atomic E-state index is 0.501. The van der Waals surface area contributed by atoms with Gasteiger partial charge in [0, 0.05) is 27.7 Å². The lowest BCUT2D eigenvalue weighted by Crippen LogP contribution is -1.93. The first-order valence-corrected chi connectivity index (χ1v) is 11.9. The van der Waals surface area contributed by atoms with Gasteiger partial charge in [-0.05, 0) is 41.8 Å². The van der Waals surface area contributed by atoms with Gasteiger partial charge in [-0.3, -0.25) is 0 Å². The number of rotatable bonds is 5. The van der Waals surface area contributed by atoms with Crippen molar-refractivity contribution in [3.63, 3.8) is 0 Å². The highest BCUT2D eigenvalue weighted by Gasteiger charge is 2.15. The van der Waals surface area contributed by atoms with Crippen LogP contribution in [0.2, 0.25) is 5.02 Å². The average Bonchev–Trinajstić information content (AvgIpc) is 3.59. The summed E-state index contributed by atoms with van der Waals surface area (Å²) in [5.41, 5.74) is 4.86. The number of para-hydroxylation sites is 1. The van der Waals surface area contributed by atoms with E-state index in [1.54, 1.807) is 11.3 Å². The molecule has 0 saturated carbocycles. The summed E-state index contributed by atoms with van der Waals surface area (Å²) in [4.78, 5) is 5.78. The highest BCUT2D eigenvalue weighted by Crippen LogP contribution is 2.32. The molecule has 3 heterocycles. The highest BCUT2D eigenvalue weighted by molar-refractivity contribution is 7.14. The molecule has 0 fully saturated rings. The summed E-state index contributed by atoms with van der Waals surface area (Å²) in [6, 6.07) is 23.8. The fourth-order valence-electron chi connectivity index (χ4n) is 3.27. The minimum Gasteiger partial charge on any atom is -0.240 e. The van der Waals surface area contributed by atoms with Gasteiger partial charge in [0.2, 0.25) is 0 Å². The Kier molecular flexibility index (Phi) is 5.70. The summed E-state index contributed by atoms with van der Waals surface area (Å²) >= 11 is 9.18. The molecule has 0 N–H and O–H groups in total. The van der Waals surface area contributed by atoms with E-state index in [1.807, 2.05) is 94.4 Å². The Hall–Kier alpha value is -3.50. The van der Waals surface area contributed by atoms with Crippen molar-refractivity contribution in [2.75, 3.05) is 0 Å². The van der Waals surface area contributed by atoms with Crippen LogP contribution in [0.25, 0.3) is 39.2 Å². The van der Waals surface area contributed by atoms with Crippen molar-refractivity contribution in [3.05, 3.63) is 99.3 Å². The Bertz CT molecular complexity index is 1420. The maximum atomic E-state index is 9.91. The summed E-state index contributed by atoms with van der Waals surface area (Å²) in [7, 11) is 0. The maximum Gasteiger partial charge on any atom is 0.134 e. The molecule has 0 aliphatic rings. The third kappa shape index (κ3) is 4.14. The van der Waals surface area contributed by atoms with Crippen molar-refractivity contribution in [3.8, 4) is 33.6 Å². The first kappa shape index (κ1) is 20.4. The molecule has 32 heavy (non-hydrogen) atoms. The zero-order valence-corrected chi connectivity index (χ0v) is 19.0. The molecule has 0 atom stereocenters. The van der Waals surface area contributed by atoms with Gasteiger partial charge in [-0.1, -0.05) is 48.0 Å². The van der Waals surface area contributed by atoms with Gasteiger partial charge in [0.25, 0.3) is 0 Å². The molecule has 5 rings (SSSR count). The zero-order valence-electron chi connectivity index (χ0n) is 16.6. The summed E-state index contributed by atoms with van der Waals surface area (Å²) in [6.45, 7) is 0. The molecule has 0 spiro atoms. The number of halogens is 1. The van der Waals surface area contributed by atoms with Gasteiger partial charge in [0.1, 0.15) is 11.1 Å². The quantitative estimate of drug-likeness (QED) is 0.251. The fraction of sp³-hybridized carbons (Fsp3) is 0. The van der Waals surface area contributed by atoms with E-state index in [2.05, 4.69) is 6.07 Å². The number of thiophene rings is 1. The van der Waals surface area contributed by atoms with E-state index in [4.69, 9.17) is 21.7 Å². The Balaban J connectivity index is 1.61. The SMILES string of the molecule is N#C/C(=C\c1cn(-c2ccccc2)nc1-c1ccc(Cl)cc1)c1nc(-c2cccs2)cs1. The van der Waals surface area contributed by atoms with E-state index >= 15 is 0 Å². The van der Waals surface area contributed by atoms with Crippen LogP contribution in [-0.4, -0.2) is 14.8 Å². The minimum atomic E-state index is 0.501. The second-order valence-corrected chi connectivity index (χ2v) is 9.15. The van der Waals surface area contributed by atoms with Crippen molar-refractivity contribution >= 4 is 45.9 Å². The number of nitriles is 1. The molecule has 5 aromatic rings. The second-order valence-electron chi connectivity index (χ2n) is 6.91. The number of hydrogen-bond donors (Lipinski definition) is 0. The van der Waals surface area contributed by atoms with Crippen molar-refractivity contribution in [1.29, 1.82) is 5.26 Å². The van der Waals surface area contributed by atoms with Crippen molar-refractivity contribution in [1.82, 2.24) is 14.8 Å². The average molecular weight is 471 g/mol. The molecular weight excluding hydrogens is 456 g/mol. The van der Waals surface area contributed by atoms with Gasteiger partial charge < -0.3 is 0 Å². The standard InChI is InChI=1S/C25H15ClN4S2/c26-20-10-8-17(9-11-20)24-19(15-30(29-24)21-5-2-1-3-6-21)13-18(14-27)25-28-22(16-32-25)23-7-4-12-31-23/h1-13,15-16H/b18-13+. The van der Waals surface area contributed by atoms with Gasteiger partial charge >= 0.3 is 0 Å². The van der Waals surface area contributed by atoms with Crippen molar-refractivity contribution in [2.45, 2.75) is 0 Å². The predicted molar refractivity (Wildman–Crippen MR) is 133 cm³/mol. The maximum absolute atomic E-state index is 9.91. The van der Waals surface area contributed by atoms with E-state index in [0.29, 0.717) is 15.6 Å². The molecule has 0 unspecified atom stereocenters. The van der Waals surface area contributed by atoms with Crippen LogP contribution < -0.4 is 0 Å². The third-order valence-corrected chi connectivity index (χ3v) is 6.83. The van der Waals surface area contributed by atoms with Gasteiger partial charge in [-0.25, -0.2) is 9.67 Å². The molecule has 0 aliphatic heterocycles. The molecule has 0 radical (unpaired) electrons. The molecule has 2 aromatic carbocycles. The highest BCUT2D eigenvalue weighted by atomic mass is 35.5. The van der Waals surface area contributed by atoms with Crippen LogP contribution in [0.3, 0.4) is 0 Å². The van der Waals surface area contributed by atoms with Crippen molar-refractivity contribution in [2.24, 2.45) is 0 Å². The molecule has 7 heteroatoms. The predicted octanol–water partition coefficient (Wildman–Crippen LogP) is 7.44. The zero-order chi connectivity index (χ0) is 21.9. The van der Waals surface area contributed by atoms with E-state index in [9.17, 15) is 5.26 Å². The second kappa shape index (κ2) is 8.93. The van der Waals surface area contributed by atoms with Crippen molar-refractivity contribution < 1.29 is 0 Å². The number of benzene rings is 2. The smallest absolute Gasteiger partial charge is 0.134 e. The van der Waals surface area contributed by atoms with E-state index in [-0.39, 0.29) is 0 Å². The van der Waals surface area contributed by atoms with E-state index in [1.165, 1.54) is 11.3 Å². The lowest BCUT2D eigenvalue weighted by Gasteiger charge is -2.01. The topological polar surface area (TPSA) is 54.5 Å². The van der Waals surface area contributed by atoms with Gasteiger partial charge in [0.15, 0.2) is 0 Å². The summed E-state index contributed by atoms with van der Waals surface area (Å²) in [5, 5.41) is 20.1. The Morgan fingerprint density at radius 2 is 1.81 bits per heavy atom. The Morgan fingerprint density at radius 3 is 2.53 bits per heavy atom. The number of allylic oxidation sites excluding steroid dienone is 1. The lowest BCUT2D eigenvalue weighted by molar-refractivity contribution is 0.884. The van der Waals surface area contributed by atoms with Crippen LogP contribution in [0.15, 0.2) is 83.7 Å². The first-order valence-electron chi connectivity index (χ1n) is 9.74. The molecule has 0 saturated heterocycles. The van der Waals surface area contributed by atoms with Gasteiger partial charge in [-0.15, -0.1) is 22.7 Å². The summed E-state index contributed by atoms with van der Waals surface area (Å²) < 4.78 is 1.82. The van der Waals surface area contributed by atoms with Crippen LogP contribution in [0, 0.1) is 11.3 Å². The number of aromatic nitrogens is 3. The van der Waals surface area contributed by atoms with Crippen LogP contribution >= 0.6 is 34.3 Å². The molecule has 0 amide bonds. The molecule has 0 bridgehead atoms. The van der Waals surface area contributed by atoms with Crippen LogP contribution in [-0.2, 0) is 0 Å². The molecule has 3 aromatic heterocycles.